The van der Waals surface area contributed by atoms with Crippen molar-refractivity contribution < 1.29 is 4.79 Å². The predicted molar refractivity (Wildman–Crippen MR) is 103 cm³/mol. The summed E-state index contributed by atoms with van der Waals surface area (Å²) in [6.45, 7) is 5.74. The molecule has 1 spiro atoms. The zero-order valence-electron chi connectivity index (χ0n) is 15.5. The number of likely N-dealkylation sites (tertiary alicyclic amines) is 1. The number of piperidine rings is 1. The molecule has 1 amide bonds. The smallest absolute Gasteiger partial charge is 0.220 e. The first-order chi connectivity index (χ1) is 12.7. The van der Waals surface area contributed by atoms with Gasteiger partial charge in [0.1, 0.15) is 0 Å². The lowest BCUT2D eigenvalue weighted by molar-refractivity contribution is -0.139. The fourth-order valence-corrected chi connectivity index (χ4v) is 4.77. The van der Waals surface area contributed by atoms with Gasteiger partial charge < -0.3 is 9.80 Å². The summed E-state index contributed by atoms with van der Waals surface area (Å²) in [4.78, 5) is 21.2. The lowest BCUT2D eigenvalue weighted by Gasteiger charge is -2.52. The first kappa shape index (κ1) is 17.2. The molecular weight excluding hydrogens is 322 g/mol. The molecule has 1 saturated heterocycles. The van der Waals surface area contributed by atoms with Gasteiger partial charge in [0.05, 0.1) is 5.54 Å². The Labute approximate surface area is 155 Å². The minimum absolute atomic E-state index is 0.103. The topological polar surface area (TPSA) is 36.4 Å². The summed E-state index contributed by atoms with van der Waals surface area (Å²) >= 11 is 0. The molecule has 136 valence electrons. The Balaban J connectivity index is 1.49. The van der Waals surface area contributed by atoms with Crippen molar-refractivity contribution in [1.82, 2.24) is 14.8 Å². The van der Waals surface area contributed by atoms with Crippen molar-refractivity contribution >= 4 is 5.91 Å². The Kier molecular flexibility index (Phi) is 4.77. The molecule has 2 aliphatic heterocycles. The van der Waals surface area contributed by atoms with Crippen molar-refractivity contribution in [3.8, 4) is 0 Å². The maximum absolute atomic E-state index is 12.4. The summed E-state index contributed by atoms with van der Waals surface area (Å²) < 4.78 is 0. The highest BCUT2D eigenvalue weighted by Gasteiger charge is 2.45. The van der Waals surface area contributed by atoms with Crippen molar-refractivity contribution in [2.45, 2.75) is 38.1 Å². The average molecular weight is 349 g/mol. The number of rotatable bonds is 3. The van der Waals surface area contributed by atoms with Crippen LogP contribution in [-0.4, -0.2) is 46.9 Å². The first-order valence-electron chi connectivity index (χ1n) is 9.67. The second-order valence-corrected chi connectivity index (χ2v) is 7.56. The van der Waals surface area contributed by atoms with E-state index in [1.165, 1.54) is 16.7 Å². The Morgan fingerprint density at radius 2 is 1.81 bits per heavy atom. The van der Waals surface area contributed by atoms with Crippen molar-refractivity contribution in [2.24, 2.45) is 0 Å². The summed E-state index contributed by atoms with van der Waals surface area (Å²) in [6, 6.07) is 12.9. The van der Waals surface area contributed by atoms with Gasteiger partial charge in [-0.3, -0.25) is 9.78 Å². The lowest BCUT2D eigenvalue weighted by Crippen LogP contribution is -2.57. The van der Waals surface area contributed by atoms with Crippen LogP contribution in [0.4, 0.5) is 0 Å². The molecule has 0 unspecified atom stereocenters. The molecule has 4 heteroatoms. The highest BCUT2D eigenvalue weighted by molar-refractivity contribution is 5.75. The van der Waals surface area contributed by atoms with Gasteiger partial charge in [-0.1, -0.05) is 24.3 Å². The number of pyridine rings is 1. The second-order valence-electron chi connectivity index (χ2n) is 7.56. The van der Waals surface area contributed by atoms with E-state index in [9.17, 15) is 4.79 Å². The van der Waals surface area contributed by atoms with Crippen molar-refractivity contribution in [2.75, 3.05) is 26.2 Å². The van der Waals surface area contributed by atoms with Crippen LogP contribution in [0.3, 0.4) is 0 Å². The van der Waals surface area contributed by atoms with E-state index in [2.05, 4.69) is 51.2 Å². The number of carbonyl (C=O) groups excluding carboxylic acids is 1. The SMILES string of the molecule is CC(=O)N1CCc2ccccc2C12CCN(CCc1ccncc1)CC2. The molecule has 4 rings (SSSR count). The van der Waals surface area contributed by atoms with E-state index in [-0.39, 0.29) is 11.4 Å². The molecule has 1 fully saturated rings. The summed E-state index contributed by atoms with van der Waals surface area (Å²) in [5, 5.41) is 0. The molecule has 1 aromatic heterocycles. The first-order valence-corrected chi connectivity index (χ1v) is 9.67. The van der Waals surface area contributed by atoms with Crippen LogP contribution in [0.25, 0.3) is 0 Å². The number of amides is 1. The van der Waals surface area contributed by atoms with Crippen LogP contribution in [0.5, 0.6) is 0 Å². The quantitative estimate of drug-likeness (QED) is 0.855. The molecule has 0 N–H and O–H groups in total. The number of benzene rings is 1. The standard InChI is InChI=1S/C22H27N3O/c1-18(26)25-15-9-20-4-2-3-5-21(20)22(25)10-16-24(17-11-22)14-8-19-6-12-23-13-7-19/h2-7,12-13H,8-11,14-17H2,1H3. The van der Waals surface area contributed by atoms with E-state index >= 15 is 0 Å². The van der Waals surface area contributed by atoms with Gasteiger partial charge in [0.25, 0.3) is 0 Å². The Bertz CT molecular complexity index is 766. The normalized spacial score (nSPS) is 19.3. The third kappa shape index (κ3) is 3.14. The molecule has 0 bridgehead atoms. The molecule has 2 aliphatic rings. The molecule has 1 aromatic carbocycles. The van der Waals surface area contributed by atoms with E-state index in [0.717, 1.165) is 51.9 Å². The zero-order valence-corrected chi connectivity index (χ0v) is 15.5. The number of nitrogens with zero attached hydrogens (tertiary/aromatic N) is 3. The maximum Gasteiger partial charge on any atom is 0.220 e. The van der Waals surface area contributed by atoms with E-state index in [0.29, 0.717) is 0 Å². The van der Waals surface area contributed by atoms with Crippen LogP contribution < -0.4 is 0 Å². The van der Waals surface area contributed by atoms with Crippen LogP contribution in [0.1, 0.15) is 36.5 Å². The summed E-state index contributed by atoms with van der Waals surface area (Å²) in [6.07, 6.45) is 7.82. The number of hydrogen-bond donors (Lipinski definition) is 0. The van der Waals surface area contributed by atoms with Gasteiger partial charge in [-0.25, -0.2) is 0 Å². The summed E-state index contributed by atoms with van der Waals surface area (Å²) in [5.74, 6) is 0.213. The van der Waals surface area contributed by atoms with Gasteiger partial charge in [0.2, 0.25) is 5.91 Å². The summed E-state index contributed by atoms with van der Waals surface area (Å²) in [5.41, 5.74) is 4.05. The Morgan fingerprint density at radius 3 is 2.54 bits per heavy atom. The predicted octanol–water partition coefficient (Wildman–Crippen LogP) is 3.02. The molecule has 0 aliphatic carbocycles. The number of fused-ring (bicyclic) bond motifs is 2. The minimum atomic E-state index is -0.103. The maximum atomic E-state index is 12.4. The Hall–Kier alpha value is -2.20. The fourth-order valence-electron chi connectivity index (χ4n) is 4.77. The number of hydrogen-bond acceptors (Lipinski definition) is 3. The van der Waals surface area contributed by atoms with Gasteiger partial charge in [-0.05, 0) is 54.5 Å². The molecule has 0 radical (unpaired) electrons. The van der Waals surface area contributed by atoms with Crippen LogP contribution >= 0.6 is 0 Å². The molecule has 0 atom stereocenters. The molecule has 0 saturated carbocycles. The van der Waals surface area contributed by atoms with E-state index in [4.69, 9.17) is 0 Å². The summed E-state index contributed by atoms with van der Waals surface area (Å²) in [7, 11) is 0. The molecule has 3 heterocycles. The van der Waals surface area contributed by atoms with Gasteiger partial charge in [-0.15, -0.1) is 0 Å². The molecule has 2 aromatic rings. The van der Waals surface area contributed by atoms with Crippen molar-refractivity contribution in [1.29, 1.82) is 0 Å². The molecular formula is C22H27N3O. The van der Waals surface area contributed by atoms with Crippen LogP contribution in [0.2, 0.25) is 0 Å². The monoisotopic (exact) mass is 349 g/mol. The van der Waals surface area contributed by atoms with Gasteiger partial charge in [0, 0.05) is 45.5 Å². The molecule has 26 heavy (non-hydrogen) atoms. The third-order valence-corrected chi connectivity index (χ3v) is 6.17. The zero-order chi connectivity index (χ0) is 18.0. The van der Waals surface area contributed by atoms with Crippen LogP contribution in [0, 0.1) is 0 Å². The fraction of sp³-hybridized carbons (Fsp3) is 0.455. The number of carbonyl (C=O) groups is 1. The van der Waals surface area contributed by atoms with Gasteiger partial charge in [0.15, 0.2) is 0 Å². The number of aromatic nitrogens is 1. The van der Waals surface area contributed by atoms with E-state index < -0.39 is 0 Å². The Morgan fingerprint density at radius 1 is 1.08 bits per heavy atom. The second kappa shape index (κ2) is 7.20. The largest absolute Gasteiger partial charge is 0.333 e. The van der Waals surface area contributed by atoms with Crippen LogP contribution in [0.15, 0.2) is 48.8 Å². The highest BCUT2D eigenvalue weighted by atomic mass is 16.2. The van der Waals surface area contributed by atoms with Crippen LogP contribution in [-0.2, 0) is 23.2 Å². The molecule has 4 nitrogen and oxygen atoms in total. The lowest BCUT2D eigenvalue weighted by atomic mass is 9.74. The van der Waals surface area contributed by atoms with E-state index in [1.807, 2.05) is 12.4 Å². The average Bonchev–Trinajstić information content (AvgIpc) is 2.68. The third-order valence-electron chi connectivity index (χ3n) is 6.17. The van der Waals surface area contributed by atoms with Gasteiger partial charge in [-0.2, -0.15) is 0 Å². The van der Waals surface area contributed by atoms with Crippen molar-refractivity contribution in [3.05, 3.63) is 65.5 Å². The minimum Gasteiger partial charge on any atom is -0.333 e. The van der Waals surface area contributed by atoms with E-state index in [1.54, 1.807) is 6.92 Å². The van der Waals surface area contributed by atoms with Crippen molar-refractivity contribution in [3.63, 3.8) is 0 Å². The highest BCUT2D eigenvalue weighted by Crippen LogP contribution is 2.43. The van der Waals surface area contributed by atoms with Gasteiger partial charge >= 0.3 is 0 Å².